The summed E-state index contributed by atoms with van der Waals surface area (Å²) in [7, 11) is 0. The number of rotatable bonds is 5. The highest BCUT2D eigenvalue weighted by Crippen LogP contribution is 2.41. The van der Waals surface area contributed by atoms with E-state index in [9.17, 15) is 0 Å². The third-order valence-electron chi connectivity index (χ3n) is 10.1. The van der Waals surface area contributed by atoms with Crippen molar-refractivity contribution >= 4 is 32.7 Å². The minimum absolute atomic E-state index is 0.647. The molecule has 3 heterocycles. The average Bonchev–Trinajstić information content (AvgIpc) is 3.70. The van der Waals surface area contributed by atoms with Gasteiger partial charge in [0.1, 0.15) is 0 Å². The normalized spacial score (nSPS) is 12.9. The second kappa shape index (κ2) is 11.7. The van der Waals surface area contributed by atoms with E-state index in [0.717, 1.165) is 35.2 Å². The summed E-state index contributed by atoms with van der Waals surface area (Å²) in [6.45, 7) is 0. The van der Waals surface area contributed by atoms with Crippen LogP contribution in [0.4, 0.5) is 0 Å². The Kier molecular flexibility index (Phi) is 6.69. The van der Waals surface area contributed by atoms with Gasteiger partial charge in [-0.2, -0.15) is 0 Å². The van der Waals surface area contributed by atoms with Crippen LogP contribution in [0.15, 0.2) is 152 Å². The molecule has 50 heavy (non-hydrogen) atoms. The second-order valence-electron chi connectivity index (χ2n) is 13.1. The van der Waals surface area contributed by atoms with Crippen molar-refractivity contribution in [3.8, 4) is 45.5 Å². The van der Waals surface area contributed by atoms with E-state index in [2.05, 4.69) is 100 Å². The van der Waals surface area contributed by atoms with Gasteiger partial charge in [-0.3, -0.25) is 0 Å². The van der Waals surface area contributed by atoms with Crippen molar-refractivity contribution in [1.82, 2.24) is 24.1 Å². The van der Waals surface area contributed by atoms with Gasteiger partial charge in [0.2, 0.25) is 0 Å². The predicted octanol–water partition coefficient (Wildman–Crippen LogP) is 10.8. The van der Waals surface area contributed by atoms with Gasteiger partial charge >= 0.3 is 0 Å². The number of hydrogen-bond donors (Lipinski definition) is 0. The first-order valence-corrected chi connectivity index (χ1v) is 17.4. The molecular weight excluding hydrogens is 611 g/mol. The molecule has 5 nitrogen and oxygen atoms in total. The zero-order valence-corrected chi connectivity index (χ0v) is 27.5. The molecule has 6 aromatic carbocycles. The lowest BCUT2D eigenvalue weighted by Crippen LogP contribution is -2.06. The summed E-state index contributed by atoms with van der Waals surface area (Å²) in [4.78, 5) is 15.0. The van der Waals surface area contributed by atoms with E-state index in [-0.39, 0.29) is 0 Å². The number of para-hydroxylation sites is 2. The summed E-state index contributed by atoms with van der Waals surface area (Å²) in [6.07, 6.45) is 4.70. The molecule has 0 fully saturated rings. The number of aromatic nitrogens is 5. The minimum atomic E-state index is 0.647. The van der Waals surface area contributed by atoms with Crippen LogP contribution in [0.1, 0.15) is 24.1 Å². The van der Waals surface area contributed by atoms with Gasteiger partial charge in [0.15, 0.2) is 17.5 Å². The third-order valence-corrected chi connectivity index (χ3v) is 10.1. The Morgan fingerprint density at radius 1 is 0.380 bits per heavy atom. The summed E-state index contributed by atoms with van der Waals surface area (Å²) < 4.78 is 4.93. The lowest BCUT2D eigenvalue weighted by Gasteiger charge is -2.16. The van der Waals surface area contributed by atoms with Gasteiger partial charge in [-0.15, -0.1) is 0 Å². The molecule has 0 N–H and O–H groups in total. The Labute approximate surface area is 290 Å². The first-order valence-electron chi connectivity index (χ1n) is 17.4. The number of hydrogen-bond acceptors (Lipinski definition) is 3. The summed E-state index contributed by atoms with van der Waals surface area (Å²) in [5.74, 6) is 1.96. The van der Waals surface area contributed by atoms with E-state index in [0.29, 0.717) is 17.5 Å². The Morgan fingerprint density at radius 3 is 1.66 bits per heavy atom. The molecule has 0 aliphatic heterocycles. The summed E-state index contributed by atoms with van der Waals surface area (Å²) in [5, 5.41) is 3.90. The Balaban J connectivity index is 1.21. The molecule has 0 unspecified atom stereocenters. The molecule has 1 aliphatic carbocycles. The van der Waals surface area contributed by atoms with Crippen molar-refractivity contribution < 1.29 is 0 Å². The number of fused-ring (bicyclic) bond motifs is 6. The minimum Gasteiger partial charge on any atom is -0.313 e. The van der Waals surface area contributed by atoms with Gasteiger partial charge in [0.25, 0.3) is 0 Å². The quantitative estimate of drug-likeness (QED) is 0.187. The van der Waals surface area contributed by atoms with Crippen molar-refractivity contribution in [2.45, 2.75) is 25.7 Å². The van der Waals surface area contributed by atoms with Crippen molar-refractivity contribution in [3.05, 3.63) is 163 Å². The van der Waals surface area contributed by atoms with E-state index >= 15 is 0 Å². The second-order valence-corrected chi connectivity index (χ2v) is 13.1. The molecule has 0 saturated heterocycles. The number of aryl methyl sites for hydroxylation is 1. The van der Waals surface area contributed by atoms with Crippen LogP contribution >= 0.6 is 0 Å². The van der Waals surface area contributed by atoms with Crippen LogP contribution in [0.2, 0.25) is 0 Å². The first kappa shape index (κ1) is 28.7. The Bertz CT molecular complexity index is 2630. The fourth-order valence-corrected chi connectivity index (χ4v) is 7.87. The van der Waals surface area contributed by atoms with Crippen LogP contribution in [0.25, 0.3) is 78.2 Å². The van der Waals surface area contributed by atoms with Crippen LogP contribution in [-0.4, -0.2) is 24.1 Å². The zero-order valence-electron chi connectivity index (χ0n) is 27.5. The molecule has 5 heteroatoms. The van der Waals surface area contributed by atoms with E-state index in [1.54, 1.807) is 0 Å². The molecule has 0 amide bonds. The fraction of sp³-hybridized carbons (Fsp3) is 0.0889. The SMILES string of the molecule is c1ccc(-c2nc(-c3ccccc3)nc(-c3cccc(-n4c5ccccc5c5cc6c7c(n(-c8ccccc8)c6cc54)CCCC7)c3)n2)cc1. The molecule has 0 spiro atoms. The van der Waals surface area contributed by atoms with E-state index < -0.39 is 0 Å². The van der Waals surface area contributed by atoms with Gasteiger partial charge in [0, 0.05) is 49.9 Å². The molecule has 3 aromatic heterocycles. The van der Waals surface area contributed by atoms with Gasteiger partial charge < -0.3 is 9.13 Å². The maximum Gasteiger partial charge on any atom is 0.164 e. The molecule has 238 valence electrons. The highest BCUT2D eigenvalue weighted by molar-refractivity contribution is 6.14. The summed E-state index contributed by atoms with van der Waals surface area (Å²) >= 11 is 0. The predicted molar refractivity (Wildman–Crippen MR) is 204 cm³/mol. The van der Waals surface area contributed by atoms with Crippen LogP contribution in [0.3, 0.4) is 0 Å². The Hall–Kier alpha value is -6.33. The van der Waals surface area contributed by atoms with Crippen molar-refractivity contribution in [1.29, 1.82) is 0 Å². The highest BCUT2D eigenvalue weighted by atomic mass is 15.0. The molecule has 0 bridgehead atoms. The largest absolute Gasteiger partial charge is 0.313 e. The lowest BCUT2D eigenvalue weighted by atomic mass is 9.95. The zero-order chi connectivity index (χ0) is 33.0. The molecular formula is C45H33N5. The molecule has 0 atom stereocenters. The average molecular weight is 644 g/mol. The van der Waals surface area contributed by atoms with Crippen LogP contribution < -0.4 is 0 Å². The number of benzene rings is 6. The summed E-state index contributed by atoms with van der Waals surface area (Å²) in [5.41, 5.74) is 11.8. The standard InChI is InChI=1S/C45H33N5/c1-4-15-30(16-5-1)43-46-44(31-17-6-2-7-18-31)48-45(47-43)32-19-14-22-34(27-32)50-40-26-13-11-24-36(40)38-28-37-35-23-10-12-25-39(35)49(41(37)29-42(38)50)33-20-8-3-9-21-33/h1-9,11,13-22,24,26-29H,10,12,23,25H2. The van der Waals surface area contributed by atoms with Crippen LogP contribution in [0.5, 0.6) is 0 Å². The van der Waals surface area contributed by atoms with Crippen molar-refractivity contribution in [3.63, 3.8) is 0 Å². The van der Waals surface area contributed by atoms with E-state index in [1.807, 2.05) is 60.7 Å². The topological polar surface area (TPSA) is 48.5 Å². The van der Waals surface area contributed by atoms with Gasteiger partial charge in [0.05, 0.1) is 16.6 Å². The molecule has 1 aliphatic rings. The summed E-state index contributed by atoms with van der Waals surface area (Å²) in [6, 6.07) is 53.4. The smallest absolute Gasteiger partial charge is 0.164 e. The molecule has 0 radical (unpaired) electrons. The third kappa shape index (κ3) is 4.66. The molecule has 10 rings (SSSR count). The molecule has 0 saturated carbocycles. The van der Waals surface area contributed by atoms with Crippen molar-refractivity contribution in [2.24, 2.45) is 0 Å². The van der Waals surface area contributed by atoms with Crippen LogP contribution in [0, 0.1) is 0 Å². The highest BCUT2D eigenvalue weighted by Gasteiger charge is 2.24. The monoisotopic (exact) mass is 643 g/mol. The van der Waals surface area contributed by atoms with Gasteiger partial charge in [-0.25, -0.2) is 15.0 Å². The van der Waals surface area contributed by atoms with Gasteiger partial charge in [-0.1, -0.05) is 109 Å². The first-order chi connectivity index (χ1) is 24.8. The molecule has 9 aromatic rings. The van der Waals surface area contributed by atoms with Crippen LogP contribution in [-0.2, 0) is 12.8 Å². The Morgan fingerprint density at radius 2 is 0.940 bits per heavy atom. The van der Waals surface area contributed by atoms with E-state index in [4.69, 9.17) is 15.0 Å². The van der Waals surface area contributed by atoms with Crippen molar-refractivity contribution in [2.75, 3.05) is 0 Å². The maximum atomic E-state index is 5.03. The fourth-order valence-electron chi connectivity index (χ4n) is 7.87. The van der Waals surface area contributed by atoms with Gasteiger partial charge in [-0.05, 0) is 73.7 Å². The lowest BCUT2D eigenvalue weighted by molar-refractivity contribution is 0.667. The number of nitrogens with zero attached hydrogens (tertiary/aromatic N) is 5. The van der Waals surface area contributed by atoms with E-state index in [1.165, 1.54) is 62.5 Å². The maximum absolute atomic E-state index is 5.03.